The van der Waals surface area contributed by atoms with Gasteiger partial charge in [0.05, 0.1) is 18.3 Å². The molecule has 0 unspecified atom stereocenters. The van der Waals surface area contributed by atoms with Gasteiger partial charge in [-0.2, -0.15) is 0 Å². The Balaban J connectivity index is 1.35. The van der Waals surface area contributed by atoms with Crippen LogP contribution in [0.25, 0.3) is 0 Å². The minimum Gasteiger partial charge on any atom is -0.342 e. The van der Waals surface area contributed by atoms with Crippen molar-refractivity contribution in [3.63, 3.8) is 0 Å². The van der Waals surface area contributed by atoms with E-state index in [1.54, 1.807) is 6.20 Å². The van der Waals surface area contributed by atoms with E-state index in [1.807, 2.05) is 42.2 Å². The zero-order valence-electron chi connectivity index (χ0n) is 21.8. The van der Waals surface area contributed by atoms with E-state index in [4.69, 9.17) is 0 Å². The highest BCUT2D eigenvalue weighted by Crippen LogP contribution is 2.29. The fraction of sp³-hybridized carbons (Fsp3) is 0.552. The van der Waals surface area contributed by atoms with Crippen LogP contribution in [0.4, 0.5) is 0 Å². The van der Waals surface area contributed by atoms with E-state index in [2.05, 4.69) is 20.6 Å². The number of Topliss-reactive ketones (excluding diaryl/α,β-unsaturated/α-hetero) is 1. The predicted octanol–water partition coefficient (Wildman–Crippen LogP) is 3.63. The van der Waals surface area contributed by atoms with Crippen LogP contribution in [0.1, 0.15) is 85.8 Å². The summed E-state index contributed by atoms with van der Waals surface area (Å²) in [4.78, 5) is 48.7. The molecule has 2 N–H and O–H groups in total. The fourth-order valence-corrected chi connectivity index (χ4v) is 5.61. The van der Waals surface area contributed by atoms with Crippen LogP contribution in [-0.4, -0.2) is 58.1 Å². The van der Waals surface area contributed by atoms with Gasteiger partial charge < -0.3 is 15.5 Å². The van der Waals surface area contributed by atoms with E-state index >= 15 is 0 Å². The van der Waals surface area contributed by atoms with Gasteiger partial charge in [0.15, 0.2) is 5.78 Å². The first-order valence-electron chi connectivity index (χ1n) is 13.7. The van der Waals surface area contributed by atoms with Crippen LogP contribution < -0.4 is 10.6 Å². The number of carbonyl (C=O) groups excluding carboxylic acids is 3. The number of hydrogen-bond acceptors (Lipinski definition) is 6. The number of aromatic nitrogens is 2. The van der Waals surface area contributed by atoms with Crippen molar-refractivity contribution in [1.82, 2.24) is 25.5 Å². The Morgan fingerprint density at radius 3 is 2.68 bits per heavy atom. The average Bonchev–Trinajstić information content (AvgIpc) is 2.96. The molecular weight excluding hydrogens is 466 g/mol. The lowest BCUT2D eigenvalue weighted by Gasteiger charge is -2.33. The first-order chi connectivity index (χ1) is 18.0. The molecule has 37 heavy (non-hydrogen) atoms. The first kappa shape index (κ1) is 26.9. The summed E-state index contributed by atoms with van der Waals surface area (Å²) in [6.45, 7) is 4.02. The van der Waals surface area contributed by atoms with E-state index in [0.717, 1.165) is 56.3 Å². The SMILES string of the molecule is CCC(=O)[C@H](NC(=O)c1cccc([C@@H]2CCCN(C(=O)CNCc3ccncn3)C2)c1)C1CCCCC1. The smallest absolute Gasteiger partial charge is 0.251 e. The van der Waals surface area contributed by atoms with Crippen molar-refractivity contribution in [2.75, 3.05) is 19.6 Å². The molecule has 2 heterocycles. The van der Waals surface area contributed by atoms with Crippen LogP contribution in [0.2, 0.25) is 0 Å². The number of nitrogens with zero attached hydrogens (tertiary/aromatic N) is 3. The Morgan fingerprint density at radius 2 is 1.92 bits per heavy atom. The minimum absolute atomic E-state index is 0.0704. The molecule has 1 saturated carbocycles. The average molecular weight is 506 g/mol. The van der Waals surface area contributed by atoms with Gasteiger partial charge >= 0.3 is 0 Å². The quantitative estimate of drug-likeness (QED) is 0.511. The largest absolute Gasteiger partial charge is 0.342 e. The second-order valence-corrected chi connectivity index (χ2v) is 10.3. The molecule has 198 valence electrons. The molecule has 0 radical (unpaired) electrons. The lowest BCUT2D eigenvalue weighted by atomic mass is 9.81. The van der Waals surface area contributed by atoms with Crippen molar-refractivity contribution < 1.29 is 14.4 Å². The Kier molecular flexibility index (Phi) is 9.77. The third kappa shape index (κ3) is 7.44. The van der Waals surface area contributed by atoms with Crippen LogP contribution in [-0.2, 0) is 16.1 Å². The molecule has 4 rings (SSSR count). The maximum absolute atomic E-state index is 13.2. The van der Waals surface area contributed by atoms with E-state index in [0.29, 0.717) is 25.1 Å². The van der Waals surface area contributed by atoms with Gasteiger partial charge in [0.1, 0.15) is 6.33 Å². The van der Waals surface area contributed by atoms with Crippen LogP contribution in [0.3, 0.4) is 0 Å². The second-order valence-electron chi connectivity index (χ2n) is 10.3. The van der Waals surface area contributed by atoms with Crippen molar-refractivity contribution >= 4 is 17.6 Å². The Bertz CT molecular complexity index is 1050. The topological polar surface area (TPSA) is 104 Å². The first-order valence-corrected chi connectivity index (χ1v) is 13.7. The van der Waals surface area contributed by atoms with Crippen LogP contribution >= 0.6 is 0 Å². The third-order valence-corrected chi connectivity index (χ3v) is 7.72. The molecule has 2 aromatic rings. The molecule has 1 saturated heterocycles. The zero-order chi connectivity index (χ0) is 26.0. The summed E-state index contributed by atoms with van der Waals surface area (Å²) in [7, 11) is 0. The number of piperidine rings is 1. The number of hydrogen-bond donors (Lipinski definition) is 2. The van der Waals surface area contributed by atoms with E-state index in [-0.39, 0.29) is 36.0 Å². The molecule has 1 aromatic carbocycles. The van der Waals surface area contributed by atoms with Crippen molar-refractivity contribution in [2.45, 2.75) is 76.8 Å². The summed E-state index contributed by atoms with van der Waals surface area (Å²) in [5, 5.41) is 6.25. The van der Waals surface area contributed by atoms with Gasteiger partial charge in [-0.3, -0.25) is 14.4 Å². The normalized spacial score (nSPS) is 19.3. The predicted molar refractivity (Wildman–Crippen MR) is 142 cm³/mol. The van der Waals surface area contributed by atoms with E-state index < -0.39 is 6.04 Å². The number of nitrogens with one attached hydrogen (secondary N) is 2. The maximum Gasteiger partial charge on any atom is 0.251 e. The molecule has 2 fully saturated rings. The summed E-state index contributed by atoms with van der Waals surface area (Å²) in [5.74, 6) is 0.414. The van der Waals surface area contributed by atoms with Crippen LogP contribution in [0.5, 0.6) is 0 Å². The van der Waals surface area contributed by atoms with Crippen molar-refractivity contribution in [3.8, 4) is 0 Å². The summed E-state index contributed by atoms with van der Waals surface area (Å²) in [5.41, 5.74) is 2.49. The third-order valence-electron chi connectivity index (χ3n) is 7.72. The van der Waals surface area contributed by atoms with Gasteiger partial charge in [0.25, 0.3) is 5.91 Å². The zero-order valence-corrected chi connectivity index (χ0v) is 21.8. The molecule has 2 atom stereocenters. The molecular formula is C29H39N5O3. The molecule has 2 amide bonds. The molecule has 1 aliphatic heterocycles. The summed E-state index contributed by atoms with van der Waals surface area (Å²) in [6, 6.07) is 9.13. The summed E-state index contributed by atoms with van der Waals surface area (Å²) < 4.78 is 0. The number of carbonyl (C=O) groups is 3. The minimum atomic E-state index is -0.404. The van der Waals surface area contributed by atoms with E-state index in [1.165, 1.54) is 12.7 Å². The summed E-state index contributed by atoms with van der Waals surface area (Å²) in [6.07, 6.45) is 11.0. The lowest BCUT2D eigenvalue weighted by Crippen LogP contribution is -2.46. The van der Waals surface area contributed by atoms with Gasteiger partial charge in [0, 0.05) is 43.7 Å². The van der Waals surface area contributed by atoms with Crippen molar-refractivity contribution in [3.05, 3.63) is 59.7 Å². The maximum atomic E-state index is 13.2. The van der Waals surface area contributed by atoms with Crippen molar-refractivity contribution in [1.29, 1.82) is 0 Å². The lowest BCUT2D eigenvalue weighted by molar-refractivity contribution is -0.131. The molecule has 1 aromatic heterocycles. The van der Waals surface area contributed by atoms with Gasteiger partial charge in [-0.15, -0.1) is 0 Å². The van der Waals surface area contributed by atoms with Gasteiger partial charge in [-0.25, -0.2) is 9.97 Å². The van der Waals surface area contributed by atoms with Gasteiger partial charge in [-0.05, 0) is 55.4 Å². The van der Waals surface area contributed by atoms with Gasteiger partial charge in [0.2, 0.25) is 5.91 Å². The standard InChI is InChI=1S/C29H39N5O3/c1-2-26(35)28(21-8-4-3-5-9-21)33-29(37)23-11-6-10-22(16-23)24-12-7-15-34(19-24)27(36)18-31-17-25-13-14-30-20-32-25/h6,10-11,13-14,16,20-21,24,28,31H,2-5,7-9,12,15,17-19H2,1H3,(H,33,37)/t24-,28-/m1/s1. The Hall–Kier alpha value is -3.13. The fourth-order valence-electron chi connectivity index (χ4n) is 5.61. The Morgan fingerprint density at radius 1 is 1.08 bits per heavy atom. The van der Waals surface area contributed by atoms with Crippen LogP contribution in [0.15, 0.2) is 42.9 Å². The van der Waals surface area contributed by atoms with Gasteiger partial charge in [-0.1, -0.05) is 38.3 Å². The molecule has 1 aliphatic carbocycles. The highest BCUT2D eigenvalue weighted by molar-refractivity contribution is 5.98. The molecule has 2 aliphatic rings. The number of rotatable bonds is 10. The number of likely N-dealkylation sites (tertiary alicyclic amines) is 1. The number of ketones is 1. The van der Waals surface area contributed by atoms with Crippen molar-refractivity contribution in [2.24, 2.45) is 5.92 Å². The number of amides is 2. The highest BCUT2D eigenvalue weighted by Gasteiger charge is 2.30. The molecule has 0 spiro atoms. The highest BCUT2D eigenvalue weighted by atomic mass is 16.2. The van der Waals surface area contributed by atoms with E-state index in [9.17, 15) is 14.4 Å². The summed E-state index contributed by atoms with van der Waals surface area (Å²) >= 11 is 0. The van der Waals surface area contributed by atoms with Crippen LogP contribution in [0, 0.1) is 5.92 Å². The molecule has 8 heteroatoms. The molecule has 8 nitrogen and oxygen atoms in total. The Labute approximate surface area is 219 Å². The monoisotopic (exact) mass is 505 g/mol. The molecule has 0 bridgehead atoms. The second kappa shape index (κ2) is 13.4. The number of benzene rings is 1.